The molecule has 0 amide bonds. The Hall–Kier alpha value is -0.320. The molecule has 92 valence electrons. The normalized spacial score (nSPS) is 13.2. The molecule has 0 fully saturated rings. The molecule has 8 nitrogen and oxygen atoms in total. The minimum atomic E-state index is -3.12. The highest BCUT2D eigenvalue weighted by Crippen LogP contribution is 2.10. The predicted octanol–water partition coefficient (Wildman–Crippen LogP) is -4.22. The summed E-state index contributed by atoms with van der Waals surface area (Å²) in [5.41, 5.74) is 5.20. The molecule has 0 saturated heterocycles. The van der Waals surface area contributed by atoms with E-state index in [0.29, 0.717) is 19.6 Å². The van der Waals surface area contributed by atoms with Crippen molar-refractivity contribution >= 4 is 0 Å². The fraction of sp³-hybridized carbons (Fsp3) is 1.00. The summed E-state index contributed by atoms with van der Waals surface area (Å²) in [6.45, 7) is 1.66. The molecule has 0 saturated carbocycles. The number of nitrogens with two attached hydrogens (primary N) is 1. The van der Waals surface area contributed by atoms with Gasteiger partial charge < -0.3 is 36.6 Å². The first-order chi connectivity index (χ1) is 6.77. The molecule has 0 rings (SSSR count). The van der Waals surface area contributed by atoms with Gasteiger partial charge in [-0.25, -0.2) is 0 Å². The molecule has 0 aromatic heterocycles. The summed E-state index contributed by atoms with van der Waals surface area (Å²) in [6, 6.07) is 0. The smallest absolute Gasteiger partial charge is 0.282 e. The van der Waals surface area contributed by atoms with Gasteiger partial charge in [-0.1, -0.05) is 0 Å². The summed E-state index contributed by atoms with van der Waals surface area (Å²) in [4.78, 5) is 0. The van der Waals surface area contributed by atoms with Crippen molar-refractivity contribution in [3.8, 4) is 0 Å². The van der Waals surface area contributed by atoms with Gasteiger partial charge >= 0.3 is 0 Å². The van der Waals surface area contributed by atoms with E-state index in [0.717, 1.165) is 0 Å². The van der Waals surface area contributed by atoms with Crippen LogP contribution >= 0.6 is 0 Å². The summed E-state index contributed by atoms with van der Waals surface area (Å²) in [6.07, 6.45) is -1.04. The van der Waals surface area contributed by atoms with E-state index in [1.807, 2.05) is 0 Å². The van der Waals surface area contributed by atoms with E-state index in [1.54, 1.807) is 0 Å². The lowest BCUT2D eigenvalue weighted by molar-refractivity contribution is -0.357. The van der Waals surface area contributed by atoms with Gasteiger partial charge in [-0.15, -0.1) is 0 Å². The Morgan fingerprint density at radius 1 is 0.933 bits per heavy atom. The molecule has 0 heterocycles. The maximum atomic E-state index is 9.12. The predicted molar refractivity (Wildman–Crippen MR) is 51.1 cm³/mol. The van der Waals surface area contributed by atoms with Crippen LogP contribution in [0.2, 0.25) is 0 Å². The summed E-state index contributed by atoms with van der Waals surface area (Å²) in [7, 11) is 0. The van der Waals surface area contributed by atoms with Gasteiger partial charge in [0.15, 0.2) is 0 Å². The number of aliphatic hydroxyl groups is 5. The van der Waals surface area contributed by atoms with Crippen LogP contribution in [-0.4, -0.2) is 63.6 Å². The summed E-state index contributed by atoms with van der Waals surface area (Å²) in [5.74, 6) is -5.66. The largest absolute Gasteiger partial charge is 0.353 e. The van der Waals surface area contributed by atoms with E-state index in [1.165, 1.54) is 0 Å². The number of hydrogen-bond acceptors (Lipinski definition) is 8. The molecule has 0 aromatic rings. The molecule has 0 aliphatic heterocycles. The molecule has 0 radical (unpaired) electrons. The Morgan fingerprint density at radius 3 is 2.00 bits per heavy atom. The molecule has 0 aromatic carbocycles. The van der Waals surface area contributed by atoms with Crippen LogP contribution in [-0.2, 0) is 0 Å². The summed E-state index contributed by atoms with van der Waals surface area (Å²) in [5, 5.41) is 48.9. The molecule has 0 aliphatic carbocycles. The highest BCUT2D eigenvalue weighted by Gasteiger charge is 2.34. The zero-order valence-corrected chi connectivity index (χ0v) is 8.35. The molecule has 0 atom stereocenters. The first kappa shape index (κ1) is 14.7. The summed E-state index contributed by atoms with van der Waals surface area (Å²) >= 11 is 0. The highest BCUT2D eigenvalue weighted by molar-refractivity contribution is 4.66. The average Bonchev–Trinajstić information content (AvgIpc) is 1.99. The topological polar surface area (TPSA) is 151 Å². The lowest BCUT2D eigenvalue weighted by atomic mass is 10.3. The fourth-order valence-corrected chi connectivity index (χ4v) is 0.971. The first-order valence-electron chi connectivity index (χ1n) is 4.54. The molecule has 0 spiro atoms. The van der Waals surface area contributed by atoms with Gasteiger partial charge in [0.1, 0.15) is 0 Å². The third-order valence-electron chi connectivity index (χ3n) is 1.51. The van der Waals surface area contributed by atoms with Crippen LogP contribution < -0.4 is 16.4 Å². The Balaban J connectivity index is 3.65. The third kappa shape index (κ3) is 9.97. The first-order valence-corrected chi connectivity index (χ1v) is 4.54. The monoisotopic (exact) mass is 225 g/mol. The van der Waals surface area contributed by atoms with E-state index in [9.17, 15) is 0 Å². The van der Waals surface area contributed by atoms with E-state index < -0.39 is 18.3 Å². The summed E-state index contributed by atoms with van der Waals surface area (Å²) < 4.78 is 0. The SMILES string of the molecule is NCCNCCNC(O)(O)CC(O)(O)O. The lowest BCUT2D eigenvalue weighted by Gasteiger charge is -2.27. The average molecular weight is 225 g/mol. The van der Waals surface area contributed by atoms with Crippen LogP contribution in [0.5, 0.6) is 0 Å². The second-order valence-corrected chi connectivity index (χ2v) is 3.23. The molecular weight excluding hydrogens is 206 g/mol. The van der Waals surface area contributed by atoms with Crippen LogP contribution in [0.25, 0.3) is 0 Å². The van der Waals surface area contributed by atoms with Crippen molar-refractivity contribution in [1.82, 2.24) is 10.6 Å². The second kappa shape index (κ2) is 6.30. The molecule has 9 N–H and O–H groups in total. The van der Waals surface area contributed by atoms with Crippen LogP contribution in [0.15, 0.2) is 0 Å². The van der Waals surface area contributed by atoms with Crippen molar-refractivity contribution in [2.24, 2.45) is 5.73 Å². The number of nitrogens with one attached hydrogen (secondary N) is 2. The Bertz CT molecular complexity index is 170. The second-order valence-electron chi connectivity index (χ2n) is 3.23. The van der Waals surface area contributed by atoms with Crippen molar-refractivity contribution in [2.45, 2.75) is 18.3 Å². The van der Waals surface area contributed by atoms with Gasteiger partial charge in [-0.2, -0.15) is 0 Å². The molecule has 8 heteroatoms. The molecule has 0 bridgehead atoms. The van der Waals surface area contributed by atoms with Gasteiger partial charge in [0.25, 0.3) is 5.97 Å². The molecule has 0 aliphatic rings. The maximum Gasteiger partial charge on any atom is 0.282 e. The fourth-order valence-electron chi connectivity index (χ4n) is 0.971. The zero-order chi connectivity index (χ0) is 11.9. The van der Waals surface area contributed by atoms with Gasteiger partial charge in [-0.05, 0) is 0 Å². The maximum absolute atomic E-state index is 9.12. The molecule has 0 unspecified atom stereocenters. The van der Waals surface area contributed by atoms with Gasteiger partial charge in [0.05, 0.1) is 6.42 Å². The van der Waals surface area contributed by atoms with Crippen LogP contribution in [0.1, 0.15) is 6.42 Å². The van der Waals surface area contributed by atoms with E-state index >= 15 is 0 Å². The minimum Gasteiger partial charge on any atom is -0.353 e. The zero-order valence-electron chi connectivity index (χ0n) is 8.35. The van der Waals surface area contributed by atoms with E-state index in [2.05, 4.69) is 10.6 Å². The van der Waals surface area contributed by atoms with Gasteiger partial charge in [0.2, 0.25) is 5.91 Å². The van der Waals surface area contributed by atoms with Crippen molar-refractivity contribution in [3.05, 3.63) is 0 Å². The highest BCUT2D eigenvalue weighted by atomic mass is 16.7. The van der Waals surface area contributed by atoms with Crippen molar-refractivity contribution < 1.29 is 25.5 Å². The minimum absolute atomic E-state index is 0.170. The number of hydrogen-bond donors (Lipinski definition) is 8. The Morgan fingerprint density at radius 2 is 1.53 bits per heavy atom. The van der Waals surface area contributed by atoms with Crippen molar-refractivity contribution in [3.63, 3.8) is 0 Å². The van der Waals surface area contributed by atoms with Crippen LogP contribution in [0.4, 0.5) is 0 Å². The van der Waals surface area contributed by atoms with Crippen LogP contribution in [0.3, 0.4) is 0 Å². The van der Waals surface area contributed by atoms with Gasteiger partial charge in [0, 0.05) is 26.2 Å². The quantitative estimate of drug-likeness (QED) is 0.153. The third-order valence-corrected chi connectivity index (χ3v) is 1.51. The standard InChI is InChI=1S/C7H19N3O5/c8-1-2-9-3-4-10-6(11,12)5-7(13,14)15/h9-15H,1-5,8H2. The Labute approximate surface area is 87.3 Å². The van der Waals surface area contributed by atoms with Crippen LogP contribution in [0, 0.1) is 0 Å². The van der Waals surface area contributed by atoms with E-state index in [4.69, 9.17) is 31.3 Å². The number of rotatable bonds is 8. The van der Waals surface area contributed by atoms with Crippen molar-refractivity contribution in [2.75, 3.05) is 26.2 Å². The van der Waals surface area contributed by atoms with Crippen molar-refractivity contribution in [1.29, 1.82) is 0 Å². The lowest BCUT2D eigenvalue weighted by Crippen LogP contribution is -2.53. The molecular formula is C7H19N3O5. The molecule has 15 heavy (non-hydrogen) atoms. The Kier molecular flexibility index (Phi) is 6.17. The van der Waals surface area contributed by atoms with E-state index in [-0.39, 0.29) is 6.54 Å². The van der Waals surface area contributed by atoms with Gasteiger partial charge in [-0.3, -0.25) is 5.32 Å².